The van der Waals surface area contributed by atoms with E-state index >= 15 is 0 Å². The molecule has 4 aromatic rings. The molecule has 0 saturated carbocycles. The third-order valence-corrected chi connectivity index (χ3v) is 8.09. The minimum absolute atomic E-state index is 0.00395. The van der Waals surface area contributed by atoms with Crippen LogP contribution < -0.4 is 9.62 Å². The van der Waals surface area contributed by atoms with E-state index in [2.05, 4.69) is 14.7 Å². The summed E-state index contributed by atoms with van der Waals surface area (Å²) in [7, 11) is -3.87. The van der Waals surface area contributed by atoms with Crippen LogP contribution in [0.3, 0.4) is 0 Å². The smallest absolute Gasteiger partial charge is 0.251 e. The summed E-state index contributed by atoms with van der Waals surface area (Å²) in [6, 6.07) is 19.5. The number of rotatable bonds is 8. The fourth-order valence-corrected chi connectivity index (χ4v) is 5.80. The molecule has 0 fully saturated rings. The summed E-state index contributed by atoms with van der Waals surface area (Å²) in [5, 5.41) is 0. The number of sulfonamides is 1. The van der Waals surface area contributed by atoms with Gasteiger partial charge in [-0.1, -0.05) is 36.4 Å². The van der Waals surface area contributed by atoms with Crippen molar-refractivity contribution in [1.82, 2.24) is 14.7 Å². The molecule has 3 aromatic carbocycles. The lowest BCUT2D eigenvalue weighted by atomic mass is 10.1. The molecule has 9 heteroatoms. The van der Waals surface area contributed by atoms with Crippen molar-refractivity contribution in [3.05, 3.63) is 125 Å². The number of hydrogen-bond acceptors (Lipinski definition) is 5. The summed E-state index contributed by atoms with van der Waals surface area (Å²) in [6.45, 7) is 2.03. The Labute approximate surface area is 227 Å². The molecule has 1 aliphatic rings. The number of nitrogens with one attached hydrogen (secondary N) is 1. The molecule has 1 amide bonds. The predicted octanol–water partition coefficient (Wildman–Crippen LogP) is 5.14. The van der Waals surface area contributed by atoms with Gasteiger partial charge in [0, 0.05) is 35.8 Å². The number of benzene rings is 3. The van der Waals surface area contributed by atoms with Gasteiger partial charge in [-0.05, 0) is 78.9 Å². The van der Waals surface area contributed by atoms with E-state index in [1.54, 1.807) is 30.3 Å². The number of aryl methyl sites for hydroxylation is 2. The SMILES string of the molecule is Cc1ncc(CN(C(=O)C=Cc2ccccc2)c2ccc3c(c2)C(NS(=O)(=O)c2ccc(F)cc2)CC3)cn1. The van der Waals surface area contributed by atoms with E-state index in [0.717, 1.165) is 34.4 Å². The molecule has 0 radical (unpaired) electrons. The van der Waals surface area contributed by atoms with Gasteiger partial charge >= 0.3 is 0 Å². The number of anilines is 1. The van der Waals surface area contributed by atoms with Gasteiger partial charge in [-0.2, -0.15) is 0 Å². The normalized spacial score (nSPS) is 14.9. The lowest BCUT2D eigenvalue weighted by Gasteiger charge is -2.23. The fraction of sp³-hybridized carbons (Fsp3) is 0.167. The second-order valence-electron chi connectivity index (χ2n) is 9.36. The molecule has 0 aliphatic heterocycles. The summed E-state index contributed by atoms with van der Waals surface area (Å²) >= 11 is 0. The number of carbonyl (C=O) groups is 1. The van der Waals surface area contributed by atoms with E-state index in [0.29, 0.717) is 24.4 Å². The van der Waals surface area contributed by atoms with Crippen molar-refractivity contribution in [2.45, 2.75) is 37.2 Å². The van der Waals surface area contributed by atoms with Crippen molar-refractivity contribution >= 4 is 27.7 Å². The van der Waals surface area contributed by atoms with E-state index in [-0.39, 0.29) is 17.3 Å². The lowest BCUT2D eigenvalue weighted by molar-refractivity contribution is -0.114. The Hall–Kier alpha value is -4.21. The van der Waals surface area contributed by atoms with E-state index in [1.165, 1.54) is 18.2 Å². The number of fused-ring (bicyclic) bond motifs is 1. The molecule has 1 aliphatic carbocycles. The van der Waals surface area contributed by atoms with Crippen molar-refractivity contribution in [3.63, 3.8) is 0 Å². The third-order valence-electron chi connectivity index (χ3n) is 6.60. The van der Waals surface area contributed by atoms with Gasteiger partial charge in [-0.15, -0.1) is 0 Å². The second kappa shape index (κ2) is 11.3. The monoisotopic (exact) mass is 542 g/mol. The summed E-state index contributed by atoms with van der Waals surface area (Å²) < 4.78 is 42.1. The maximum absolute atomic E-state index is 13.5. The van der Waals surface area contributed by atoms with Crippen LogP contribution in [0.1, 0.15) is 40.5 Å². The van der Waals surface area contributed by atoms with Gasteiger partial charge < -0.3 is 4.90 Å². The van der Waals surface area contributed by atoms with Gasteiger partial charge in [-0.25, -0.2) is 27.5 Å². The average Bonchev–Trinajstić information content (AvgIpc) is 3.33. The molecule has 0 saturated heterocycles. The lowest BCUT2D eigenvalue weighted by Crippen LogP contribution is -2.30. The summed E-state index contributed by atoms with van der Waals surface area (Å²) in [5.41, 5.74) is 4.11. The number of carbonyl (C=O) groups excluding carboxylic acids is 1. The Kier molecular flexibility index (Phi) is 7.63. The van der Waals surface area contributed by atoms with Crippen LogP contribution >= 0.6 is 0 Å². The highest BCUT2D eigenvalue weighted by molar-refractivity contribution is 7.89. The van der Waals surface area contributed by atoms with Crippen LogP contribution in [0.4, 0.5) is 10.1 Å². The summed E-state index contributed by atoms with van der Waals surface area (Å²) in [5.74, 6) is -0.106. The quantitative estimate of drug-likeness (QED) is 0.312. The fourth-order valence-electron chi connectivity index (χ4n) is 4.55. The number of nitrogens with zero attached hydrogens (tertiary/aromatic N) is 3. The van der Waals surface area contributed by atoms with Crippen LogP contribution in [-0.2, 0) is 27.8 Å². The van der Waals surface area contributed by atoms with Gasteiger partial charge in [0.05, 0.1) is 11.4 Å². The van der Waals surface area contributed by atoms with Gasteiger partial charge in [0.15, 0.2) is 0 Å². The van der Waals surface area contributed by atoms with Gasteiger partial charge in [0.2, 0.25) is 10.0 Å². The Morgan fingerprint density at radius 1 is 1.05 bits per heavy atom. The van der Waals surface area contributed by atoms with E-state index in [9.17, 15) is 17.6 Å². The molecular weight excluding hydrogens is 515 g/mol. The third kappa shape index (κ3) is 6.27. The molecule has 198 valence electrons. The van der Waals surface area contributed by atoms with Crippen LogP contribution in [0.2, 0.25) is 0 Å². The number of hydrogen-bond donors (Lipinski definition) is 1. The van der Waals surface area contributed by atoms with Gasteiger partial charge in [0.1, 0.15) is 11.6 Å². The van der Waals surface area contributed by atoms with E-state index < -0.39 is 21.9 Å². The molecule has 1 heterocycles. The van der Waals surface area contributed by atoms with Crippen LogP contribution in [-0.4, -0.2) is 24.3 Å². The van der Waals surface area contributed by atoms with Crippen LogP contribution in [0.25, 0.3) is 6.08 Å². The Bertz CT molecular complexity index is 1610. The molecule has 1 aromatic heterocycles. The van der Waals surface area contributed by atoms with E-state index in [1.807, 2.05) is 48.5 Å². The first-order chi connectivity index (χ1) is 18.8. The van der Waals surface area contributed by atoms with Crippen LogP contribution in [0, 0.1) is 12.7 Å². The Morgan fingerprint density at radius 3 is 2.49 bits per heavy atom. The maximum Gasteiger partial charge on any atom is 0.251 e. The average molecular weight is 543 g/mol. The van der Waals surface area contributed by atoms with Crippen molar-refractivity contribution in [3.8, 4) is 0 Å². The standard InChI is InChI=1S/C30H27FN4O3S/c1-21-32-18-23(19-33-21)20-35(30(36)16-7-22-5-3-2-4-6-22)26-12-8-24-9-15-29(28(24)17-26)34-39(37,38)27-13-10-25(31)11-14-27/h2-8,10-14,16-19,29,34H,9,15,20H2,1H3. The molecule has 39 heavy (non-hydrogen) atoms. The van der Waals surface area contributed by atoms with Crippen molar-refractivity contribution in [2.75, 3.05) is 4.90 Å². The van der Waals surface area contributed by atoms with Crippen LogP contribution in [0.15, 0.2) is 96.2 Å². The summed E-state index contributed by atoms with van der Waals surface area (Å²) in [6.07, 6.45) is 7.93. The topological polar surface area (TPSA) is 92.3 Å². The molecule has 1 atom stereocenters. The first-order valence-corrected chi connectivity index (χ1v) is 14.0. The largest absolute Gasteiger partial charge is 0.304 e. The van der Waals surface area contributed by atoms with Crippen LogP contribution in [0.5, 0.6) is 0 Å². The van der Waals surface area contributed by atoms with Gasteiger partial charge in [-0.3, -0.25) is 4.79 Å². The molecule has 5 rings (SSSR count). The minimum Gasteiger partial charge on any atom is -0.304 e. The zero-order valence-electron chi connectivity index (χ0n) is 21.3. The number of amides is 1. The highest BCUT2D eigenvalue weighted by Crippen LogP contribution is 2.35. The Morgan fingerprint density at radius 2 is 1.77 bits per heavy atom. The highest BCUT2D eigenvalue weighted by atomic mass is 32.2. The molecule has 7 nitrogen and oxygen atoms in total. The maximum atomic E-state index is 13.5. The predicted molar refractivity (Wildman–Crippen MR) is 148 cm³/mol. The van der Waals surface area contributed by atoms with Crippen molar-refractivity contribution < 1.29 is 17.6 Å². The molecule has 0 bridgehead atoms. The molecule has 1 unspecified atom stereocenters. The highest BCUT2D eigenvalue weighted by Gasteiger charge is 2.29. The minimum atomic E-state index is -3.87. The molecular formula is C30H27FN4O3S. The van der Waals surface area contributed by atoms with Gasteiger partial charge in [0.25, 0.3) is 5.91 Å². The molecule has 1 N–H and O–H groups in total. The first kappa shape index (κ1) is 26.4. The van der Waals surface area contributed by atoms with Crippen molar-refractivity contribution in [2.24, 2.45) is 0 Å². The number of aromatic nitrogens is 2. The van der Waals surface area contributed by atoms with Crippen molar-refractivity contribution in [1.29, 1.82) is 0 Å². The number of halogens is 1. The molecule has 0 spiro atoms. The zero-order chi connectivity index (χ0) is 27.4. The second-order valence-corrected chi connectivity index (χ2v) is 11.1. The first-order valence-electron chi connectivity index (χ1n) is 12.5. The van der Waals surface area contributed by atoms with E-state index in [4.69, 9.17) is 0 Å². The summed E-state index contributed by atoms with van der Waals surface area (Å²) in [4.78, 5) is 23.6. The Balaban J connectivity index is 1.45. The zero-order valence-corrected chi connectivity index (χ0v) is 22.1.